The minimum atomic E-state index is -0.0709. The minimum Gasteiger partial charge on any atom is -0.497 e. The molecule has 0 bridgehead atoms. The molecule has 9 nitrogen and oxygen atoms in total. The molecule has 5 rings (SSSR count). The summed E-state index contributed by atoms with van der Waals surface area (Å²) in [5.41, 5.74) is 2.69. The summed E-state index contributed by atoms with van der Waals surface area (Å²) in [5, 5.41) is 9.61. The molecular formula is C30H33N5O4S. The quantitative estimate of drug-likeness (QED) is 0.208. The number of para-hydroxylation sites is 1. The number of hydrogen-bond donors (Lipinski definition) is 0. The maximum absolute atomic E-state index is 13.1. The molecule has 2 aromatic carbocycles. The monoisotopic (exact) mass is 559 g/mol. The third-order valence-electron chi connectivity index (χ3n) is 7.06. The second-order valence-corrected chi connectivity index (χ2v) is 10.8. The van der Waals surface area contributed by atoms with Gasteiger partial charge in [0.2, 0.25) is 11.7 Å². The van der Waals surface area contributed by atoms with E-state index in [1.54, 1.807) is 37.3 Å². The van der Waals surface area contributed by atoms with Gasteiger partial charge in [-0.3, -0.25) is 14.2 Å². The molecule has 1 aliphatic heterocycles. The lowest BCUT2D eigenvalue weighted by Gasteiger charge is -2.40. The molecule has 40 heavy (non-hydrogen) atoms. The van der Waals surface area contributed by atoms with E-state index in [0.717, 1.165) is 22.2 Å². The molecule has 1 aliphatic rings. The lowest BCUT2D eigenvalue weighted by Crippen LogP contribution is -2.55. The lowest BCUT2D eigenvalue weighted by atomic mass is 10.1. The summed E-state index contributed by atoms with van der Waals surface area (Å²) in [6, 6.07) is 18.9. The summed E-state index contributed by atoms with van der Waals surface area (Å²) < 4.78 is 12.9. The van der Waals surface area contributed by atoms with Gasteiger partial charge in [-0.15, -0.1) is 10.2 Å². The molecule has 208 valence electrons. The highest BCUT2D eigenvalue weighted by molar-refractivity contribution is 7.99. The van der Waals surface area contributed by atoms with Crippen LogP contribution in [0.1, 0.15) is 35.7 Å². The fourth-order valence-corrected chi connectivity index (χ4v) is 5.80. The second-order valence-electron chi connectivity index (χ2n) is 9.78. The van der Waals surface area contributed by atoms with Gasteiger partial charge in [0.05, 0.1) is 19.1 Å². The molecule has 0 radical (unpaired) electrons. The first kappa shape index (κ1) is 27.5. The summed E-state index contributed by atoms with van der Waals surface area (Å²) in [6.45, 7) is 5.60. The van der Waals surface area contributed by atoms with E-state index in [2.05, 4.69) is 23.2 Å². The summed E-state index contributed by atoms with van der Waals surface area (Å²) in [5.74, 6) is 2.74. The van der Waals surface area contributed by atoms with Crippen LogP contribution in [-0.2, 0) is 4.79 Å². The zero-order valence-electron chi connectivity index (χ0n) is 22.9. The topological polar surface area (TPSA) is 93.7 Å². The molecule has 10 heteroatoms. The number of thioether (sulfide) groups is 1. The summed E-state index contributed by atoms with van der Waals surface area (Å²) >= 11 is 1.58. The Morgan fingerprint density at radius 2 is 1.93 bits per heavy atom. The third kappa shape index (κ3) is 5.91. The average Bonchev–Trinajstić information content (AvgIpc) is 3.65. The van der Waals surface area contributed by atoms with Crippen LogP contribution in [0.4, 0.5) is 0 Å². The van der Waals surface area contributed by atoms with E-state index in [1.807, 2.05) is 63.8 Å². The molecule has 0 N–H and O–H groups in total. The van der Waals surface area contributed by atoms with Crippen molar-refractivity contribution in [3.8, 4) is 23.0 Å². The van der Waals surface area contributed by atoms with Gasteiger partial charge in [-0.1, -0.05) is 36.0 Å². The smallest absolute Gasteiger partial charge is 0.254 e. The number of amides is 2. The number of aromatic nitrogens is 3. The maximum atomic E-state index is 13.1. The zero-order valence-corrected chi connectivity index (χ0v) is 23.8. The number of piperazine rings is 1. The number of benzene rings is 2. The molecule has 0 aliphatic carbocycles. The van der Waals surface area contributed by atoms with Crippen LogP contribution in [0.5, 0.6) is 5.75 Å². The van der Waals surface area contributed by atoms with Gasteiger partial charge in [-0.25, -0.2) is 0 Å². The minimum absolute atomic E-state index is 0.0402. The van der Waals surface area contributed by atoms with Crippen molar-refractivity contribution in [2.45, 2.75) is 37.9 Å². The van der Waals surface area contributed by atoms with Crippen LogP contribution in [0.3, 0.4) is 0 Å². The standard InChI is InChI=1S/C30H33N5O4S/c1-21-9-4-5-12-25(21)35-28(26-13-7-17-39-26)31-32-30(35)40-18-8-14-27(36)33-15-16-34(22(2)20-33)29(37)23-10-6-11-24(19-23)38-3/h4-7,9-13,17,19,22H,8,14-16,18,20H2,1-3H3. The Balaban J connectivity index is 1.16. The number of ether oxygens (including phenoxy) is 1. The molecule has 1 unspecified atom stereocenters. The fraction of sp³-hybridized carbons (Fsp3) is 0.333. The number of rotatable bonds is 9. The zero-order chi connectivity index (χ0) is 28.1. The first-order valence-corrected chi connectivity index (χ1v) is 14.4. The Hall–Kier alpha value is -4.05. The van der Waals surface area contributed by atoms with Crippen molar-refractivity contribution in [3.63, 3.8) is 0 Å². The summed E-state index contributed by atoms with van der Waals surface area (Å²) in [6.07, 6.45) is 2.77. The molecule has 3 heterocycles. The normalized spacial score (nSPS) is 15.3. The van der Waals surface area contributed by atoms with Crippen molar-refractivity contribution in [2.75, 3.05) is 32.5 Å². The Bertz CT molecular complexity index is 1470. The van der Waals surface area contributed by atoms with Crippen LogP contribution in [0.2, 0.25) is 0 Å². The number of carbonyl (C=O) groups is 2. The van der Waals surface area contributed by atoms with E-state index in [9.17, 15) is 9.59 Å². The fourth-order valence-electron chi connectivity index (χ4n) is 4.91. The van der Waals surface area contributed by atoms with E-state index in [0.29, 0.717) is 55.4 Å². The van der Waals surface area contributed by atoms with Gasteiger partial charge in [-0.2, -0.15) is 0 Å². The average molecular weight is 560 g/mol. The predicted molar refractivity (Wildman–Crippen MR) is 154 cm³/mol. The number of carbonyl (C=O) groups excluding carboxylic acids is 2. The summed E-state index contributed by atoms with van der Waals surface area (Å²) in [7, 11) is 1.59. The van der Waals surface area contributed by atoms with Gasteiger partial charge in [0, 0.05) is 43.4 Å². The van der Waals surface area contributed by atoms with Crippen molar-refractivity contribution >= 4 is 23.6 Å². The van der Waals surface area contributed by atoms with Crippen molar-refractivity contribution < 1.29 is 18.7 Å². The second kappa shape index (κ2) is 12.4. The molecule has 2 aromatic heterocycles. The van der Waals surface area contributed by atoms with Crippen molar-refractivity contribution in [1.29, 1.82) is 0 Å². The molecule has 0 spiro atoms. The van der Waals surface area contributed by atoms with Crippen LogP contribution < -0.4 is 4.74 Å². The van der Waals surface area contributed by atoms with Crippen LogP contribution in [0, 0.1) is 6.92 Å². The molecule has 1 atom stereocenters. The van der Waals surface area contributed by atoms with E-state index >= 15 is 0 Å². The van der Waals surface area contributed by atoms with Gasteiger partial charge >= 0.3 is 0 Å². The van der Waals surface area contributed by atoms with Gasteiger partial charge in [0.15, 0.2) is 10.9 Å². The molecule has 1 saturated heterocycles. The SMILES string of the molecule is COc1cccc(C(=O)N2CCN(C(=O)CCCSc3nnc(-c4ccco4)n3-c3ccccc3C)CC2C)c1. The van der Waals surface area contributed by atoms with E-state index in [1.165, 1.54) is 0 Å². The summed E-state index contributed by atoms with van der Waals surface area (Å²) in [4.78, 5) is 29.8. The Morgan fingerprint density at radius 3 is 2.67 bits per heavy atom. The van der Waals surface area contributed by atoms with Gasteiger partial charge in [-0.05, 0) is 62.2 Å². The highest BCUT2D eigenvalue weighted by Gasteiger charge is 2.30. The van der Waals surface area contributed by atoms with Crippen LogP contribution in [-0.4, -0.2) is 74.9 Å². The largest absolute Gasteiger partial charge is 0.497 e. The maximum Gasteiger partial charge on any atom is 0.254 e. The Labute approximate surface area is 238 Å². The van der Waals surface area contributed by atoms with Crippen molar-refractivity contribution in [2.24, 2.45) is 0 Å². The molecule has 1 fully saturated rings. The number of hydrogen-bond acceptors (Lipinski definition) is 7. The van der Waals surface area contributed by atoms with Crippen LogP contribution >= 0.6 is 11.8 Å². The first-order valence-electron chi connectivity index (χ1n) is 13.4. The predicted octanol–water partition coefficient (Wildman–Crippen LogP) is 5.09. The highest BCUT2D eigenvalue weighted by atomic mass is 32.2. The number of aryl methyl sites for hydroxylation is 1. The van der Waals surface area contributed by atoms with E-state index < -0.39 is 0 Å². The third-order valence-corrected chi connectivity index (χ3v) is 8.07. The van der Waals surface area contributed by atoms with Crippen LogP contribution in [0.15, 0.2) is 76.5 Å². The Morgan fingerprint density at radius 1 is 1.07 bits per heavy atom. The van der Waals surface area contributed by atoms with E-state index in [-0.39, 0.29) is 17.9 Å². The number of methoxy groups -OCH3 is 1. The molecular weight excluding hydrogens is 526 g/mol. The van der Waals surface area contributed by atoms with Gasteiger partial charge in [0.1, 0.15) is 5.75 Å². The van der Waals surface area contributed by atoms with E-state index in [4.69, 9.17) is 9.15 Å². The Kier molecular flexibility index (Phi) is 8.54. The van der Waals surface area contributed by atoms with Crippen molar-refractivity contribution in [3.05, 3.63) is 78.1 Å². The molecule has 0 saturated carbocycles. The molecule has 2 amide bonds. The lowest BCUT2D eigenvalue weighted by molar-refractivity contribution is -0.133. The first-order chi connectivity index (χ1) is 19.5. The number of nitrogens with zero attached hydrogens (tertiary/aromatic N) is 5. The van der Waals surface area contributed by atoms with Crippen molar-refractivity contribution in [1.82, 2.24) is 24.6 Å². The van der Waals surface area contributed by atoms with Gasteiger partial charge in [0.25, 0.3) is 5.91 Å². The van der Waals surface area contributed by atoms with Crippen LogP contribution in [0.25, 0.3) is 17.3 Å². The van der Waals surface area contributed by atoms with Gasteiger partial charge < -0.3 is 19.0 Å². The number of furan rings is 1. The highest BCUT2D eigenvalue weighted by Crippen LogP contribution is 2.30. The molecule has 4 aromatic rings.